The molecule has 0 radical (unpaired) electrons. The molecule has 42 heavy (non-hydrogen) atoms. The lowest BCUT2D eigenvalue weighted by Gasteiger charge is -2.18. The summed E-state index contributed by atoms with van der Waals surface area (Å²) in [6.07, 6.45) is 40.9. The Balaban J connectivity index is 3.89. The Kier molecular flexibility index (Phi) is 33.1. The van der Waals surface area contributed by atoms with Crippen LogP contribution >= 0.6 is 0 Å². The maximum atomic E-state index is 12.6. The summed E-state index contributed by atoms with van der Waals surface area (Å²) in [6.45, 7) is 4.53. The SMILES string of the molecule is CCCCCCCC/C=C\CCCCCCCCCC(=O)OC(CCCCCCCCC)CCCCCCCC(=O)O. The molecular weight excluding hydrogens is 520 g/mol. The number of carboxylic acids is 1. The number of ether oxygens (including phenoxy) is 1. The van der Waals surface area contributed by atoms with Gasteiger partial charge in [-0.1, -0.05) is 148 Å². The molecule has 0 aliphatic heterocycles. The first-order valence-corrected chi connectivity index (χ1v) is 18.7. The van der Waals surface area contributed by atoms with E-state index < -0.39 is 5.97 Å². The molecule has 248 valence electrons. The molecule has 0 bridgehead atoms. The van der Waals surface area contributed by atoms with Crippen LogP contribution in [-0.4, -0.2) is 23.1 Å². The third-order valence-corrected chi connectivity index (χ3v) is 8.49. The number of rotatable bonds is 34. The Morgan fingerprint density at radius 1 is 0.500 bits per heavy atom. The smallest absolute Gasteiger partial charge is 0.306 e. The minimum Gasteiger partial charge on any atom is -0.481 e. The highest BCUT2D eigenvalue weighted by Gasteiger charge is 2.14. The van der Waals surface area contributed by atoms with E-state index in [1.807, 2.05) is 0 Å². The third-order valence-electron chi connectivity index (χ3n) is 8.49. The van der Waals surface area contributed by atoms with Crippen LogP contribution in [0.2, 0.25) is 0 Å². The van der Waals surface area contributed by atoms with Gasteiger partial charge in [0, 0.05) is 12.8 Å². The zero-order valence-corrected chi connectivity index (χ0v) is 28.3. The Morgan fingerprint density at radius 3 is 1.29 bits per heavy atom. The lowest BCUT2D eigenvalue weighted by Crippen LogP contribution is -2.18. The van der Waals surface area contributed by atoms with Crippen LogP contribution in [0.4, 0.5) is 0 Å². The number of carbonyl (C=O) groups is 2. The Bertz CT molecular complexity index is 600. The van der Waals surface area contributed by atoms with Crippen LogP contribution in [-0.2, 0) is 14.3 Å². The first-order valence-electron chi connectivity index (χ1n) is 18.7. The van der Waals surface area contributed by atoms with E-state index in [1.54, 1.807) is 0 Å². The summed E-state index contributed by atoms with van der Waals surface area (Å²) in [7, 11) is 0. The van der Waals surface area contributed by atoms with Gasteiger partial charge in [-0.3, -0.25) is 9.59 Å². The fourth-order valence-corrected chi connectivity index (χ4v) is 5.71. The fraction of sp³-hybridized carbons (Fsp3) is 0.895. The second kappa shape index (κ2) is 34.2. The molecule has 0 aromatic carbocycles. The van der Waals surface area contributed by atoms with Gasteiger partial charge >= 0.3 is 11.9 Å². The molecule has 0 aliphatic carbocycles. The maximum Gasteiger partial charge on any atom is 0.306 e. The van der Waals surface area contributed by atoms with Gasteiger partial charge in [-0.15, -0.1) is 0 Å². The van der Waals surface area contributed by atoms with Crippen molar-refractivity contribution in [2.45, 2.75) is 219 Å². The summed E-state index contributed by atoms with van der Waals surface area (Å²) in [5.74, 6) is -0.703. The second-order valence-electron chi connectivity index (χ2n) is 12.8. The van der Waals surface area contributed by atoms with Crippen molar-refractivity contribution in [1.29, 1.82) is 0 Å². The zero-order valence-electron chi connectivity index (χ0n) is 28.3. The van der Waals surface area contributed by atoms with E-state index in [0.29, 0.717) is 6.42 Å². The van der Waals surface area contributed by atoms with Crippen LogP contribution in [0.3, 0.4) is 0 Å². The Morgan fingerprint density at radius 2 is 0.857 bits per heavy atom. The normalized spacial score (nSPS) is 12.2. The minimum atomic E-state index is -0.700. The van der Waals surface area contributed by atoms with Crippen molar-refractivity contribution in [3.8, 4) is 0 Å². The van der Waals surface area contributed by atoms with Gasteiger partial charge < -0.3 is 9.84 Å². The zero-order chi connectivity index (χ0) is 30.8. The quantitative estimate of drug-likeness (QED) is 0.0458. The van der Waals surface area contributed by atoms with Crippen LogP contribution in [0.5, 0.6) is 0 Å². The van der Waals surface area contributed by atoms with E-state index in [9.17, 15) is 9.59 Å². The largest absolute Gasteiger partial charge is 0.481 e. The molecule has 0 amide bonds. The average Bonchev–Trinajstić information content (AvgIpc) is 2.97. The number of esters is 1. The fourth-order valence-electron chi connectivity index (χ4n) is 5.71. The van der Waals surface area contributed by atoms with Crippen molar-refractivity contribution >= 4 is 11.9 Å². The first kappa shape index (κ1) is 40.7. The van der Waals surface area contributed by atoms with Gasteiger partial charge in [-0.2, -0.15) is 0 Å². The molecule has 0 saturated heterocycles. The molecule has 1 N–H and O–H groups in total. The van der Waals surface area contributed by atoms with Crippen molar-refractivity contribution in [2.24, 2.45) is 0 Å². The number of allylic oxidation sites excluding steroid dienone is 2. The lowest BCUT2D eigenvalue weighted by atomic mass is 10.0. The summed E-state index contributed by atoms with van der Waals surface area (Å²) in [5.41, 5.74) is 0. The number of aliphatic carboxylic acids is 1. The molecule has 4 heteroatoms. The molecule has 0 fully saturated rings. The van der Waals surface area contributed by atoms with Crippen molar-refractivity contribution in [1.82, 2.24) is 0 Å². The highest BCUT2D eigenvalue weighted by Crippen LogP contribution is 2.19. The van der Waals surface area contributed by atoms with Crippen LogP contribution in [0.15, 0.2) is 12.2 Å². The van der Waals surface area contributed by atoms with Crippen LogP contribution in [0.1, 0.15) is 213 Å². The molecule has 0 aliphatic rings. The average molecular weight is 593 g/mol. The molecule has 0 aromatic rings. The van der Waals surface area contributed by atoms with Crippen molar-refractivity contribution < 1.29 is 19.4 Å². The van der Waals surface area contributed by atoms with E-state index in [1.165, 1.54) is 122 Å². The summed E-state index contributed by atoms with van der Waals surface area (Å²) < 4.78 is 5.96. The van der Waals surface area contributed by atoms with Crippen molar-refractivity contribution in [3.63, 3.8) is 0 Å². The number of carboxylic acid groups (broad SMARTS) is 1. The second-order valence-corrected chi connectivity index (χ2v) is 12.8. The number of carbonyl (C=O) groups excluding carboxylic acids is 1. The van der Waals surface area contributed by atoms with E-state index in [0.717, 1.165) is 64.2 Å². The minimum absolute atomic E-state index is 0.00264. The predicted octanol–water partition coefficient (Wildman–Crippen LogP) is 12.7. The maximum absolute atomic E-state index is 12.6. The van der Waals surface area contributed by atoms with Gasteiger partial charge in [0.05, 0.1) is 0 Å². The van der Waals surface area contributed by atoms with Crippen LogP contribution < -0.4 is 0 Å². The molecule has 0 rings (SSSR count). The molecule has 0 saturated carbocycles. The highest BCUT2D eigenvalue weighted by molar-refractivity contribution is 5.69. The van der Waals surface area contributed by atoms with Gasteiger partial charge in [0.2, 0.25) is 0 Å². The summed E-state index contributed by atoms with van der Waals surface area (Å²) >= 11 is 0. The Labute approximate surface area is 262 Å². The third kappa shape index (κ3) is 33.2. The molecule has 1 atom stereocenters. The van der Waals surface area contributed by atoms with Gasteiger partial charge in [-0.25, -0.2) is 0 Å². The highest BCUT2D eigenvalue weighted by atomic mass is 16.5. The molecule has 1 unspecified atom stereocenters. The first-order chi connectivity index (χ1) is 20.6. The standard InChI is InChI=1S/C38H72O4/c1-3-5-7-9-11-12-13-14-15-16-17-18-19-20-22-27-31-35-38(41)42-36(32-28-24-21-10-8-6-4-2)33-29-25-23-26-30-34-37(39)40/h14-15,36H,3-13,16-35H2,1-2H3,(H,39,40)/b15-14-. The van der Waals surface area contributed by atoms with Crippen LogP contribution in [0.25, 0.3) is 0 Å². The molecule has 0 aromatic heterocycles. The van der Waals surface area contributed by atoms with E-state index in [4.69, 9.17) is 9.84 Å². The van der Waals surface area contributed by atoms with Gasteiger partial charge in [0.1, 0.15) is 6.10 Å². The Hall–Kier alpha value is -1.32. The number of hydrogen-bond donors (Lipinski definition) is 1. The molecular formula is C38H72O4. The summed E-state index contributed by atoms with van der Waals surface area (Å²) in [4.78, 5) is 23.2. The molecule has 0 heterocycles. The van der Waals surface area contributed by atoms with Crippen molar-refractivity contribution in [2.75, 3.05) is 0 Å². The number of hydrogen-bond acceptors (Lipinski definition) is 3. The monoisotopic (exact) mass is 593 g/mol. The topological polar surface area (TPSA) is 63.6 Å². The van der Waals surface area contributed by atoms with Crippen molar-refractivity contribution in [3.05, 3.63) is 12.2 Å². The van der Waals surface area contributed by atoms with E-state index >= 15 is 0 Å². The van der Waals surface area contributed by atoms with Crippen LogP contribution in [0, 0.1) is 0 Å². The molecule has 4 nitrogen and oxygen atoms in total. The summed E-state index contributed by atoms with van der Waals surface area (Å²) in [5, 5.41) is 8.78. The predicted molar refractivity (Wildman–Crippen MR) is 181 cm³/mol. The van der Waals surface area contributed by atoms with Gasteiger partial charge in [-0.05, 0) is 64.2 Å². The van der Waals surface area contributed by atoms with E-state index in [2.05, 4.69) is 26.0 Å². The van der Waals surface area contributed by atoms with E-state index in [-0.39, 0.29) is 18.5 Å². The van der Waals surface area contributed by atoms with Gasteiger partial charge in [0.15, 0.2) is 0 Å². The summed E-state index contributed by atoms with van der Waals surface area (Å²) in [6, 6.07) is 0. The molecule has 0 spiro atoms. The lowest BCUT2D eigenvalue weighted by molar-refractivity contribution is -0.150. The van der Waals surface area contributed by atoms with Gasteiger partial charge in [0.25, 0.3) is 0 Å². The number of unbranched alkanes of at least 4 members (excludes halogenated alkanes) is 23.